The maximum atomic E-state index is 11.4. The van der Waals surface area contributed by atoms with Crippen LogP contribution in [0.25, 0.3) is 10.2 Å². The van der Waals surface area contributed by atoms with Gasteiger partial charge < -0.3 is 10.6 Å². The van der Waals surface area contributed by atoms with Gasteiger partial charge in [0, 0.05) is 18.8 Å². The molecule has 22 heavy (non-hydrogen) atoms. The summed E-state index contributed by atoms with van der Waals surface area (Å²) in [6.45, 7) is 2.78. The topological polar surface area (TPSA) is 71.8 Å². The van der Waals surface area contributed by atoms with Gasteiger partial charge >= 0.3 is 0 Å². The maximum absolute atomic E-state index is 11.4. The van der Waals surface area contributed by atoms with E-state index in [-0.39, 0.29) is 12.5 Å². The van der Waals surface area contributed by atoms with Gasteiger partial charge in [0.25, 0.3) is 0 Å². The van der Waals surface area contributed by atoms with E-state index in [2.05, 4.69) is 26.8 Å². The van der Waals surface area contributed by atoms with Gasteiger partial charge in [-0.25, -0.2) is 4.98 Å². The molecule has 0 saturated heterocycles. The molecule has 1 aromatic carbocycles. The molecule has 2 N–H and O–H groups in total. The van der Waals surface area contributed by atoms with Gasteiger partial charge in [0.05, 0.1) is 16.8 Å². The van der Waals surface area contributed by atoms with Crippen LogP contribution in [-0.2, 0) is 17.9 Å². The predicted octanol–water partition coefficient (Wildman–Crippen LogP) is 2.16. The number of nitrogens with one attached hydrogen (secondary N) is 2. The van der Waals surface area contributed by atoms with Crippen LogP contribution in [0, 0.1) is 6.92 Å². The van der Waals surface area contributed by atoms with Crippen molar-refractivity contribution >= 4 is 33.3 Å². The first kappa shape index (κ1) is 14.5. The number of likely N-dealkylation sites (N-methyl/N-ethyl adjacent to an activating group) is 1. The molecule has 0 spiro atoms. The first-order valence-corrected chi connectivity index (χ1v) is 7.80. The van der Waals surface area contributed by atoms with Gasteiger partial charge in [0.2, 0.25) is 5.91 Å². The van der Waals surface area contributed by atoms with Gasteiger partial charge in [0.1, 0.15) is 17.4 Å². The van der Waals surface area contributed by atoms with Crippen molar-refractivity contribution in [2.45, 2.75) is 20.0 Å². The van der Waals surface area contributed by atoms with Crippen LogP contribution in [0.3, 0.4) is 0 Å². The molecule has 0 aliphatic heterocycles. The highest BCUT2D eigenvalue weighted by atomic mass is 32.1. The second-order valence-electron chi connectivity index (χ2n) is 4.93. The predicted molar refractivity (Wildman–Crippen MR) is 88.0 cm³/mol. The van der Waals surface area contributed by atoms with E-state index < -0.39 is 0 Å². The minimum Gasteiger partial charge on any atom is -0.362 e. The number of carbonyl (C=O) groups is 1. The standard InChI is InChI=1S/C15H17N5OS/c1-10-7-13(19-20(10)9-14(21)16-2)17-8-15-18-11-5-3-4-6-12(11)22-15/h3-7H,8-9H2,1-2H3,(H,16,21)(H,17,19). The SMILES string of the molecule is CNC(=O)Cn1nc(NCc2nc3ccccc3s2)cc1C. The Bertz CT molecular complexity index is 774. The number of carbonyl (C=O) groups excluding carboxylic acids is 1. The number of aryl methyl sites for hydroxylation is 1. The molecule has 0 atom stereocenters. The summed E-state index contributed by atoms with van der Waals surface area (Å²) in [5.74, 6) is 0.685. The third-order valence-electron chi connectivity index (χ3n) is 3.31. The normalized spacial score (nSPS) is 10.8. The van der Waals surface area contributed by atoms with E-state index in [4.69, 9.17) is 0 Å². The first-order valence-electron chi connectivity index (χ1n) is 6.99. The van der Waals surface area contributed by atoms with E-state index in [0.717, 1.165) is 22.0 Å². The Morgan fingerprint density at radius 1 is 1.36 bits per heavy atom. The van der Waals surface area contributed by atoms with Crippen LogP contribution in [0.4, 0.5) is 5.82 Å². The number of thiazole rings is 1. The zero-order valence-electron chi connectivity index (χ0n) is 12.5. The summed E-state index contributed by atoms with van der Waals surface area (Å²) < 4.78 is 2.86. The van der Waals surface area contributed by atoms with E-state index in [1.165, 1.54) is 4.70 Å². The Hall–Kier alpha value is -2.41. The lowest BCUT2D eigenvalue weighted by molar-refractivity contribution is -0.121. The molecule has 1 amide bonds. The summed E-state index contributed by atoms with van der Waals surface area (Å²) in [6, 6.07) is 10.0. The zero-order valence-corrected chi connectivity index (χ0v) is 13.3. The van der Waals surface area contributed by atoms with Gasteiger partial charge in [-0.3, -0.25) is 9.48 Å². The molecule has 0 aliphatic rings. The Morgan fingerprint density at radius 2 is 2.18 bits per heavy atom. The van der Waals surface area contributed by atoms with Crippen molar-refractivity contribution in [3.8, 4) is 0 Å². The number of hydrogen-bond donors (Lipinski definition) is 2. The summed E-state index contributed by atoms with van der Waals surface area (Å²) in [6.07, 6.45) is 0. The molecule has 0 radical (unpaired) electrons. The molecule has 0 saturated carbocycles. The number of benzene rings is 1. The average Bonchev–Trinajstić information content (AvgIpc) is 3.08. The van der Waals surface area contributed by atoms with Gasteiger partial charge in [-0.15, -0.1) is 11.3 Å². The molecule has 0 bridgehead atoms. The highest BCUT2D eigenvalue weighted by molar-refractivity contribution is 7.18. The van der Waals surface area contributed by atoms with E-state index in [9.17, 15) is 4.79 Å². The Balaban J connectivity index is 1.68. The van der Waals surface area contributed by atoms with E-state index in [0.29, 0.717) is 6.54 Å². The van der Waals surface area contributed by atoms with Crippen LogP contribution in [0.5, 0.6) is 0 Å². The van der Waals surface area contributed by atoms with Crippen molar-refractivity contribution < 1.29 is 4.79 Å². The quantitative estimate of drug-likeness (QED) is 0.757. The van der Waals surface area contributed by atoms with Crippen LogP contribution in [-0.4, -0.2) is 27.7 Å². The van der Waals surface area contributed by atoms with Crippen LogP contribution < -0.4 is 10.6 Å². The van der Waals surface area contributed by atoms with Gasteiger partial charge in [0.15, 0.2) is 0 Å². The monoisotopic (exact) mass is 315 g/mol. The number of nitrogens with zero attached hydrogens (tertiary/aromatic N) is 3. The smallest absolute Gasteiger partial charge is 0.241 e. The second-order valence-corrected chi connectivity index (χ2v) is 6.05. The fourth-order valence-corrected chi connectivity index (χ4v) is 3.04. The molecule has 0 fully saturated rings. The van der Waals surface area contributed by atoms with Crippen LogP contribution in [0.2, 0.25) is 0 Å². The number of para-hydroxylation sites is 1. The van der Waals surface area contributed by atoms with Crippen molar-refractivity contribution in [2.75, 3.05) is 12.4 Å². The fraction of sp³-hybridized carbons (Fsp3) is 0.267. The molecule has 3 rings (SSSR count). The molecule has 0 unspecified atom stereocenters. The van der Waals surface area contributed by atoms with Crippen molar-refractivity contribution in [3.63, 3.8) is 0 Å². The van der Waals surface area contributed by atoms with Crippen molar-refractivity contribution in [2.24, 2.45) is 0 Å². The van der Waals surface area contributed by atoms with Crippen molar-refractivity contribution in [1.82, 2.24) is 20.1 Å². The zero-order chi connectivity index (χ0) is 15.5. The van der Waals surface area contributed by atoms with Crippen molar-refractivity contribution in [1.29, 1.82) is 0 Å². The number of amides is 1. The number of rotatable bonds is 5. The summed E-state index contributed by atoms with van der Waals surface area (Å²) >= 11 is 1.67. The Labute approximate surface area is 132 Å². The lowest BCUT2D eigenvalue weighted by Gasteiger charge is -2.02. The number of aromatic nitrogens is 3. The van der Waals surface area contributed by atoms with E-state index >= 15 is 0 Å². The highest BCUT2D eigenvalue weighted by Gasteiger charge is 2.08. The van der Waals surface area contributed by atoms with Crippen LogP contribution >= 0.6 is 11.3 Å². The van der Waals surface area contributed by atoms with Crippen LogP contribution in [0.15, 0.2) is 30.3 Å². The molecule has 114 valence electrons. The van der Waals surface area contributed by atoms with Crippen molar-refractivity contribution in [3.05, 3.63) is 41.0 Å². The van der Waals surface area contributed by atoms with Gasteiger partial charge in [-0.2, -0.15) is 5.10 Å². The minimum absolute atomic E-state index is 0.0658. The van der Waals surface area contributed by atoms with E-state index in [1.807, 2.05) is 31.2 Å². The van der Waals surface area contributed by atoms with Gasteiger partial charge in [-0.1, -0.05) is 12.1 Å². The highest BCUT2D eigenvalue weighted by Crippen LogP contribution is 2.22. The summed E-state index contributed by atoms with van der Waals surface area (Å²) in [5, 5.41) is 11.3. The number of hydrogen-bond acceptors (Lipinski definition) is 5. The summed E-state index contributed by atoms with van der Waals surface area (Å²) in [7, 11) is 1.62. The summed E-state index contributed by atoms with van der Waals surface area (Å²) in [4.78, 5) is 16.0. The molecule has 3 aromatic rings. The molecule has 2 heterocycles. The lowest BCUT2D eigenvalue weighted by Crippen LogP contribution is -2.24. The minimum atomic E-state index is -0.0658. The average molecular weight is 315 g/mol. The number of anilines is 1. The van der Waals surface area contributed by atoms with Gasteiger partial charge in [-0.05, 0) is 19.1 Å². The fourth-order valence-electron chi connectivity index (χ4n) is 2.13. The number of fused-ring (bicyclic) bond motifs is 1. The van der Waals surface area contributed by atoms with E-state index in [1.54, 1.807) is 23.1 Å². The largest absolute Gasteiger partial charge is 0.362 e. The van der Waals surface area contributed by atoms with Crippen LogP contribution in [0.1, 0.15) is 10.7 Å². The Kier molecular flexibility index (Phi) is 4.06. The Morgan fingerprint density at radius 3 is 2.95 bits per heavy atom. The molecular formula is C15H17N5OS. The molecule has 0 aliphatic carbocycles. The summed E-state index contributed by atoms with van der Waals surface area (Å²) in [5.41, 5.74) is 1.96. The molecule has 6 nitrogen and oxygen atoms in total. The third kappa shape index (κ3) is 3.09. The molecule has 2 aromatic heterocycles. The lowest BCUT2D eigenvalue weighted by atomic mass is 10.3. The second kappa shape index (κ2) is 6.15. The maximum Gasteiger partial charge on any atom is 0.241 e. The first-order chi connectivity index (χ1) is 10.7. The third-order valence-corrected chi connectivity index (χ3v) is 4.35. The molecular weight excluding hydrogens is 298 g/mol. The molecule has 7 heteroatoms.